The summed E-state index contributed by atoms with van der Waals surface area (Å²) in [6.07, 6.45) is 1.96. The maximum absolute atomic E-state index is 14.6. The number of amides is 2. The van der Waals surface area contributed by atoms with E-state index in [0.29, 0.717) is 17.8 Å². The molecule has 2 aromatic rings. The van der Waals surface area contributed by atoms with E-state index in [1.165, 1.54) is 18.1 Å². The average molecular weight is 361 g/mol. The second kappa shape index (κ2) is 5.98. The van der Waals surface area contributed by atoms with Gasteiger partial charge in [-0.3, -0.25) is 10.0 Å². The smallest absolute Gasteiger partial charge is 0.280 e. The molecular weight excluding hydrogens is 341 g/mol. The second-order valence-corrected chi connectivity index (χ2v) is 7.47. The van der Waals surface area contributed by atoms with Gasteiger partial charge in [-0.05, 0) is 42.3 Å². The fourth-order valence-electron chi connectivity index (χ4n) is 3.29. The Morgan fingerprint density at radius 2 is 2.16 bits per heavy atom. The molecule has 2 heterocycles. The summed E-state index contributed by atoms with van der Waals surface area (Å²) in [5, 5.41) is 8.22. The van der Waals surface area contributed by atoms with Crippen molar-refractivity contribution < 1.29 is 9.18 Å². The van der Waals surface area contributed by atoms with Gasteiger partial charge < -0.3 is 0 Å². The Bertz CT molecular complexity index is 806. The predicted molar refractivity (Wildman–Crippen MR) is 96.5 cm³/mol. The van der Waals surface area contributed by atoms with Gasteiger partial charge in [-0.25, -0.2) is 20.0 Å². The number of urea groups is 1. The summed E-state index contributed by atoms with van der Waals surface area (Å²) in [7, 11) is 3.30. The summed E-state index contributed by atoms with van der Waals surface area (Å²) in [6.45, 7) is 0.572. The first-order chi connectivity index (χ1) is 12.0. The number of benzene rings is 1. The van der Waals surface area contributed by atoms with Gasteiger partial charge in [0.2, 0.25) is 0 Å². The Morgan fingerprint density at radius 1 is 1.40 bits per heavy atom. The normalized spacial score (nSPS) is 17.1. The second-order valence-electron chi connectivity index (χ2n) is 6.43. The molecule has 25 heavy (non-hydrogen) atoms. The summed E-state index contributed by atoms with van der Waals surface area (Å²) >= 11 is 1.64. The van der Waals surface area contributed by atoms with Gasteiger partial charge in [0.05, 0.1) is 17.9 Å². The SMILES string of the molecule is CN(N)C(=O)N1c2ccc(F)c(C3CC3)c2N(Cc2cccs2)N1C. The molecule has 1 fully saturated rings. The monoisotopic (exact) mass is 361 g/mol. The first-order valence-corrected chi connectivity index (χ1v) is 9.05. The van der Waals surface area contributed by atoms with E-state index in [4.69, 9.17) is 5.84 Å². The Morgan fingerprint density at radius 3 is 2.76 bits per heavy atom. The predicted octanol–water partition coefficient (Wildman–Crippen LogP) is 3.28. The summed E-state index contributed by atoms with van der Waals surface area (Å²) in [4.78, 5) is 13.8. The minimum atomic E-state index is -0.370. The van der Waals surface area contributed by atoms with Crippen molar-refractivity contribution in [3.63, 3.8) is 0 Å². The molecule has 6 nitrogen and oxygen atoms in total. The minimum absolute atomic E-state index is 0.207. The number of fused-ring (bicyclic) bond motifs is 1. The molecular formula is C17H20FN5OS. The number of nitrogens with zero attached hydrogens (tertiary/aromatic N) is 4. The highest BCUT2D eigenvalue weighted by atomic mass is 32.1. The zero-order valence-corrected chi connectivity index (χ0v) is 15.0. The van der Waals surface area contributed by atoms with Gasteiger partial charge in [0.25, 0.3) is 0 Å². The first kappa shape index (κ1) is 16.3. The van der Waals surface area contributed by atoms with Gasteiger partial charge in [0.15, 0.2) is 0 Å². The third kappa shape index (κ3) is 2.66. The molecule has 0 spiro atoms. The number of rotatable bonds is 3. The summed E-state index contributed by atoms with van der Waals surface area (Å²) < 4.78 is 14.6. The molecule has 0 radical (unpaired) electrons. The lowest BCUT2D eigenvalue weighted by Crippen LogP contribution is -2.54. The largest absolute Gasteiger partial charge is 0.354 e. The van der Waals surface area contributed by atoms with Gasteiger partial charge in [-0.15, -0.1) is 16.5 Å². The van der Waals surface area contributed by atoms with Crippen LogP contribution in [0.3, 0.4) is 0 Å². The van der Waals surface area contributed by atoms with E-state index in [2.05, 4.69) is 0 Å². The lowest BCUT2D eigenvalue weighted by atomic mass is 10.1. The molecule has 4 rings (SSSR count). The summed E-state index contributed by atoms with van der Waals surface area (Å²) in [5.74, 6) is 5.70. The van der Waals surface area contributed by atoms with Crippen LogP contribution in [0.25, 0.3) is 0 Å². The van der Waals surface area contributed by atoms with Gasteiger partial charge in [-0.1, -0.05) is 6.07 Å². The summed E-state index contributed by atoms with van der Waals surface area (Å²) in [6, 6.07) is 6.76. The number of hydrogen-bond acceptors (Lipinski definition) is 5. The van der Waals surface area contributed by atoms with Gasteiger partial charge in [0, 0.05) is 24.5 Å². The fraction of sp³-hybridized carbons (Fsp3) is 0.353. The van der Waals surface area contributed by atoms with Crippen LogP contribution in [0.2, 0.25) is 0 Å². The van der Waals surface area contributed by atoms with Crippen molar-refractivity contribution in [2.24, 2.45) is 5.84 Å². The molecule has 0 atom stereocenters. The third-order valence-corrected chi connectivity index (χ3v) is 5.48. The molecule has 1 aliphatic heterocycles. The minimum Gasteiger partial charge on any atom is -0.280 e. The molecule has 0 unspecified atom stereocenters. The van der Waals surface area contributed by atoms with Crippen LogP contribution < -0.4 is 15.9 Å². The van der Waals surface area contributed by atoms with Crippen LogP contribution in [-0.4, -0.2) is 30.3 Å². The number of carbonyl (C=O) groups is 1. The van der Waals surface area contributed by atoms with Gasteiger partial charge in [0.1, 0.15) is 5.82 Å². The Balaban J connectivity index is 1.84. The number of thiophene rings is 1. The van der Waals surface area contributed by atoms with E-state index in [1.807, 2.05) is 22.5 Å². The van der Waals surface area contributed by atoms with Crippen LogP contribution in [0.1, 0.15) is 29.2 Å². The van der Waals surface area contributed by atoms with E-state index in [0.717, 1.165) is 28.4 Å². The molecule has 8 heteroatoms. The van der Waals surface area contributed by atoms with E-state index in [1.54, 1.807) is 29.6 Å². The number of anilines is 2. The van der Waals surface area contributed by atoms with Crippen LogP contribution in [-0.2, 0) is 6.54 Å². The van der Waals surface area contributed by atoms with Crippen molar-refractivity contribution in [2.75, 3.05) is 24.1 Å². The molecule has 1 aromatic heterocycles. The molecule has 132 valence electrons. The van der Waals surface area contributed by atoms with E-state index in [-0.39, 0.29) is 17.8 Å². The molecule has 2 aliphatic rings. The van der Waals surface area contributed by atoms with Crippen LogP contribution >= 0.6 is 11.3 Å². The maximum Gasteiger partial charge on any atom is 0.354 e. The van der Waals surface area contributed by atoms with Crippen molar-refractivity contribution in [1.82, 2.24) is 10.1 Å². The topological polar surface area (TPSA) is 56.1 Å². The molecule has 2 amide bonds. The van der Waals surface area contributed by atoms with Crippen LogP contribution in [0, 0.1) is 5.82 Å². The highest BCUT2D eigenvalue weighted by Crippen LogP contribution is 2.52. The van der Waals surface area contributed by atoms with Crippen molar-refractivity contribution in [1.29, 1.82) is 0 Å². The van der Waals surface area contributed by atoms with Crippen LogP contribution in [0.4, 0.5) is 20.6 Å². The molecule has 1 aliphatic carbocycles. The highest BCUT2D eigenvalue weighted by molar-refractivity contribution is 7.09. The Kier molecular flexibility index (Phi) is 3.90. The van der Waals surface area contributed by atoms with E-state index in [9.17, 15) is 9.18 Å². The molecule has 0 saturated heterocycles. The zero-order chi connectivity index (χ0) is 17.7. The molecule has 1 aromatic carbocycles. The highest BCUT2D eigenvalue weighted by Gasteiger charge is 2.42. The maximum atomic E-state index is 14.6. The van der Waals surface area contributed by atoms with Gasteiger partial charge in [-0.2, -0.15) is 0 Å². The summed E-state index contributed by atoms with van der Waals surface area (Å²) in [5.41, 5.74) is 2.15. The number of hydrogen-bond donors (Lipinski definition) is 1. The fourth-order valence-corrected chi connectivity index (χ4v) is 3.98. The number of nitrogens with two attached hydrogens (primary N) is 1. The van der Waals surface area contributed by atoms with Gasteiger partial charge >= 0.3 is 6.03 Å². The number of carbonyl (C=O) groups excluding carboxylic acids is 1. The third-order valence-electron chi connectivity index (χ3n) is 4.62. The number of hydrazine groups is 3. The quantitative estimate of drug-likeness (QED) is 0.518. The standard InChI is InChI=1S/C17H20FN5OS/c1-20(19)17(24)23-14-8-7-13(18)15(11-5-6-11)16(14)22(21(23)2)10-12-4-3-9-25-12/h3-4,7-9,11H,5-6,10,19H2,1-2H3. The molecule has 0 bridgehead atoms. The molecule has 2 N–H and O–H groups in total. The van der Waals surface area contributed by atoms with E-state index < -0.39 is 0 Å². The van der Waals surface area contributed by atoms with Crippen LogP contribution in [0.15, 0.2) is 29.6 Å². The Hall–Kier alpha value is -2.16. The average Bonchev–Trinajstić information content (AvgIpc) is 3.21. The zero-order valence-electron chi connectivity index (χ0n) is 14.1. The van der Waals surface area contributed by atoms with Crippen molar-refractivity contribution >= 4 is 28.7 Å². The lowest BCUT2D eigenvalue weighted by Gasteiger charge is -2.32. The molecule has 1 saturated carbocycles. The van der Waals surface area contributed by atoms with Crippen LogP contribution in [0.5, 0.6) is 0 Å². The first-order valence-electron chi connectivity index (χ1n) is 8.17. The van der Waals surface area contributed by atoms with Crippen molar-refractivity contribution in [3.8, 4) is 0 Å². The lowest BCUT2D eigenvalue weighted by molar-refractivity contribution is 0.193. The van der Waals surface area contributed by atoms with Crippen molar-refractivity contribution in [2.45, 2.75) is 25.3 Å². The Labute approximate surface area is 149 Å². The van der Waals surface area contributed by atoms with E-state index >= 15 is 0 Å². The number of halogens is 1. The van der Waals surface area contributed by atoms with Crippen molar-refractivity contribution in [3.05, 3.63) is 45.9 Å².